The van der Waals surface area contributed by atoms with Gasteiger partial charge in [0.05, 0.1) is 19.9 Å². The van der Waals surface area contributed by atoms with Crippen LogP contribution in [-0.4, -0.2) is 23.7 Å². The number of hydrogen-bond donors (Lipinski definition) is 0. The van der Waals surface area contributed by atoms with Crippen molar-refractivity contribution in [2.24, 2.45) is 7.05 Å². The molecule has 0 N–H and O–H groups in total. The third kappa shape index (κ3) is 20.2. The van der Waals surface area contributed by atoms with Crippen molar-refractivity contribution in [3.8, 4) is 0 Å². The van der Waals surface area contributed by atoms with Gasteiger partial charge in [0.1, 0.15) is 18.2 Å². The SMILES string of the molecule is CCCCCCCCCCCn1ccnc1.CCCCCCCCn1cc[n+](C)c1.CCCCn1ccnc1CC. The maximum Gasteiger partial charge on any atom is 0.243 e. The lowest BCUT2D eigenvalue weighted by molar-refractivity contribution is -0.671. The van der Waals surface area contributed by atoms with Crippen LogP contribution in [0.15, 0.2) is 49.8 Å². The lowest BCUT2D eigenvalue weighted by atomic mass is 10.1. The Morgan fingerprint density at radius 3 is 1.63 bits per heavy atom. The smallest absolute Gasteiger partial charge is 0.243 e. The predicted molar refractivity (Wildman–Crippen MR) is 175 cm³/mol. The quantitative estimate of drug-likeness (QED) is 0.0947. The zero-order valence-electron chi connectivity index (χ0n) is 27.7. The molecule has 0 aliphatic heterocycles. The highest BCUT2D eigenvalue weighted by molar-refractivity contribution is 4.91. The Morgan fingerprint density at radius 1 is 0.585 bits per heavy atom. The Kier molecular flexibility index (Phi) is 23.7. The summed E-state index contributed by atoms with van der Waals surface area (Å²) in [6, 6.07) is 0. The molecule has 0 spiro atoms. The molecular weight excluding hydrogens is 504 g/mol. The van der Waals surface area contributed by atoms with Gasteiger partial charge in [0.15, 0.2) is 0 Å². The number of unbranched alkanes of at least 4 members (excludes halogenated alkanes) is 14. The maximum atomic E-state index is 4.25. The molecular formula is C35H65N6+. The van der Waals surface area contributed by atoms with Crippen LogP contribution in [0.25, 0.3) is 0 Å². The Morgan fingerprint density at radius 2 is 1.15 bits per heavy atom. The largest absolute Gasteiger partial charge is 0.337 e. The van der Waals surface area contributed by atoms with E-state index in [4.69, 9.17) is 0 Å². The highest BCUT2D eigenvalue weighted by Crippen LogP contribution is 2.10. The molecule has 0 aliphatic rings. The van der Waals surface area contributed by atoms with Crippen LogP contribution in [0.5, 0.6) is 0 Å². The highest BCUT2D eigenvalue weighted by Gasteiger charge is 1.99. The van der Waals surface area contributed by atoms with Crippen LogP contribution in [0, 0.1) is 0 Å². The Hall–Kier alpha value is -2.37. The summed E-state index contributed by atoms with van der Waals surface area (Å²) >= 11 is 0. The van der Waals surface area contributed by atoms with Crippen LogP contribution in [-0.2, 0) is 33.1 Å². The molecule has 3 heterocycles. The van der Waals surface area contributed by atoms with Gasteiger partial charge in [-0.15, -0.1) is 0 Å². The second-order valence-electron chi connectivity index (χ2n) is 11.5. The number of rotatable bonds is 21. The lowest BCUT2D eigenvalue weighted by Gasteiger charge is -2.03. The van der Waals surface area contributed by atoms with E-state index < -0.39 is 0 Å². The molecule has 0 aromatic carbocycles. The van der Waals surface area contributed by atoms with Crippen LogP contribution >= 0.6 is 0 Å². The standard InChI is InChI=1S/C14H26N2.C12H23N2.C9H16N2/c1-2-3-4-5-6-7-8-9-10-12-16-13-11-15-14-16;1-3-4-5-6-7-8-9-14-11-10-13(2)12-14;1-3-5-7-11-8-6-10-9(11)4-2/h11,13-14H,2-10,12H2,1H3;10-12H,3-9H2,1-2H3;6,8H,3-5,7H2,1-2H3/q;+1;. The van der Waals surface area contributed by atoms with Crippen molar-refractivity contribution in [1.29, 1.82) is 0 Å². The van der Waals surface area contributed by atoms with Crippen LogP contribution in [0.4, 0.5) is 0 Å². The molecule has 6 heteroatoms. The van der Waals surface area contributed by atoms with Crippen molar-refractivity contribution < 1.29 is 4.57 Å². The van der Waals surface area contributed by atoms with E-state index in [1.807, 2.05) is 24.9 Å². The molecule has 3 aromatic heterocycles. The van der Waals surface area contributed by atoms with Crippen molar-refractivity contribution in [1.82, 2.24) is 23.7 Å². The molecule has 0 fully saturated rings. The molecule has 3 rings (SSSR count). The average molecular weight is 570 g/mol. The van der Waals surface area contributed by atoms with Gasteiger partial charge in [-0.25, -0.2) is 19.1 Å². The summed E-state index contributed by atoms with van der Waals surface area (Å²) in [6.07, 6.45) is 40.5. The van der Waals surface area contributed by atoms with Crippen LogP contribution < -0.4 is 4.57 Å². The van der Waals surface area contributed by atoms with Crippen molar-refractivity contribution >= 4 is 0 Å². The summed E-state index contributed by atoms with van der Waals surface area (Å²) in [6.45, 7) is 12.3. The van der Waals surface area contributed by atoms with E-state index in [-0.39, 0.29) is 0 Å². The third-order valence-electron chi connectivity index (χ3n) is 7.54. The minimum Gasteiger partial charge on any atom is -0.337 e. The molecule has 0 amide bonds. The summed E-state index contributed by atoms with van der Waals surface area (Å²) in [5.41, 5.74) is 0. The van der Waals surface area contributed by atoms with Crippen molar-refractivity contribution in [3.63, 3.8) is 0 Å². The van der Waals surface area contributed by atoms with Gasteiger partial charge in [0.25, 0.3) is 0 Å². The first-order valence-corrected chi connectivity index (χ1v) is 17.1. The van der Waals surface area contributed by atoms with Gasteiger partial charge in [0.2, 0.25) is 6.33 Å². The van der Waals surface area contributed by atoms with E-state index in [1.165, 1.54) is 122 Å². The Bertz CT molecular complexity index is 911. The zero-order valence-corrected chi connectivity index (χ0v) is 27.7. The number of imidazole rings is 3. The number of nitrogens with zero attached hydrogens (tertiary/aromatic N) is 6. The Balaban J connectivity index is 0.000000313. The summed E-state index contributed by atoms with van der Waals surface area (Å²) in [7, 11) is 2.07. The second kappa shape index (κ2) is 26.5. The zero-order chi connectivity index (χ0) is 29.8. The predicted octanol–water partition coefficient (Wildman–Crippen LogP) is 9.33. The second-order valence-corrected chi connectivity index (χ2v) is 11.5. The van der Waals surface area contributed by atoms with Gasteiger partial charge in [-0.05, 0) is 25.7 Å². The molecule has 0 unspecified atom stereocenters. The van der Waals surface area contributed by atoms with Crippen LogP contribution in [0.1, 0.15) is 143 Å². The molecule has 0 radical (unpaired) electrons. The number of hydrogen-bond acceptors (Lipinski definition) is 2. The van der Waals surface area contributed by atoms with E-state index >= 15 is 0 Å². The normalized spacial score (nSPS) is 10.7. The fraction of sp³-hybridized carbons (Fsp3) is 0.743. The number of aryl methyl sites for hydroxylation is 5. The minimum atomic E-state index is 1.04. The lowest BCUT2D eigenvalue weighted by Crippen LogP contribution is -2.23. The van der Waals surface area contributed by atoms with Gasteiger partial charge in [-0.3, -0.25) is 0 Å². The van der Waals surface area contributed by atoms with Gasteiger partial charge in [-0.1, -0.05) is 111 Å². The van der Waals surface area contributed by atoms with Crippen molar-refractivity contribution in [3.05, 3.63) is 55.7 Å². The van der Waals surface area contributed by atoms with Crippen molar-refractivity contribution in [2.75, 3.05) is 0 Å². The van der Waals surface area contributed by atoms with Gasteiger partial charge in [-0.2, -0.15) is 0 Å². The molecule has 0 bridgehead atoms. The van der Waals surface area contributed by atoms with E-state index in [0.29, 0.717) is 0 Å². The van der Waals surface area contributed by atoms with E-state index in [0.717, 1.165) is 19.5 Å². The molecule has 234 valence electrons. The molecule has 6 nitrogen and oxygen atoms in total. The molecule has 0 saturated carbocycles. The fourth-order valence-corrected chi connectivity index (χ4v) is 4.92. The van der Waals surface area contributed by atoms with Crippen LogP contribution in [0.2, 0.25) is 0 Å². The highest BCUT2D eigenvalue weighted by atomic mass is 15.1. The molecule has 41 heavy (non-hydrogen) atoms. The van der Waals surface area contributed by atoms with Gasteiger partial charge in [0, 0.05) is 44.3 Å². The molecule has 0 atom stereocenters. The van der Waals surface area contributed by atoms with Crippen LogP contribution in [0.3, 0.4) is 0 Å². The summed E-state index contributed by atoms with van der Waals surface area (Å²) in [5, 5.41) is 0. The monoisotopic (exact) mass is 570 g/mol. The topological polar surface area (TPSA) is 44.5 Å². The van der Waals surface area contributed by atoms with Gasteiger partial charge < -0.3 is 9.13 Å². The van der Waals surface area contributed by atoms with Crippen molar-refractivity contribution in [2.45, 2.75) is 163 Å². The first-order valence-electron chi connectivity index (χ1n) is 17.1. The first-order chi connectivity index (χ1) is 20.1. The minimum absolute atomic E-state index is 1.04. The van der Waals surface area contributed by atoms with E-state index in [1.54, 1.807) is 0 Å². The average Bonchev–Trinajstić information content (AvgIpc) is 3.76. The number of aromatic nitrogens is 6. The maximum absolute atomic E-state index is 4.25. The summed E-state index contributed by atoms with van der Waals surface area (Å²) < 4.78 is 8.77. The summed E-state index contributed by atoms with van der Waals surface area (Å²) in [4.78, 5) is 8.29. The molecule has 3 aromatic rings. The fourth-order valence-electron chi connectivity index (χ4n) is 4.92. The molecule has 0 saturated heterocycles. The molecule has 0 aliphatic carbocycles. The van der Waals surface area contributed by atoms with E-state index in [9.17, 15) is 0 Å². The summed E-state index contributed by atoms with van der Waals surface area (Å²) in [5.74, 6) is 1.21. The first kappa shape index (κ1) is 36.7. The Labute approximate surface area is 253 Å². The van der Waals surface area contributed by atoms with Gasteiger partial charge >= 0.3 is 0 Å². The van der Waals surface area contributed by atoms with E-state index in [2.05, 4.69) is 87.9 Å². The third-order valence-corrected chi connectivity index (χ3v) is 7.54.